The molecular formula is C20H26N2O3. The zero-order valence-electron chi connectivity index (χ0n) is 14.6. The van der Waals surface area contributed by atoms with E-state index in [1.165, 1.54) is 5.56 Å². The van der Waals surface area contributed by atoms with Crippen LogP contribution >= 0.6 is 0 Å². The fourth-order valence-electron chi connectivity index (χ4n) is 2.96. The molecule has 0 saturated carbocycles. The summed E-state index contributed by atoms with van der Waals surface area (Å²) in [5, 5.41) is 14.9. The van der Waals surface area contributed by atoms with E-state index in [1.54, 1.807) is 31.2 Å². The Morgan fingerprint density at radius 1 is 1.12 bits per heavy atom. The first kappa shape index (κ1) is 18.8. The highest BCUT2D eigenvalue weighted by atomic mass is 16.4. The number of hydrogen-bond donors (Lipinski definition) is 3. The highest BCUT2D eigenvalue weighted by molar-refractivity contribution is 5.80. The van der Waals surface area contributed by atoms with Gasteiger partial charge in [-0.1, -0.05) is 61.1 Å². The van der Waals surface area contributed by atoms with Crippen molar-refractivity contribution in [1.82, 2.24) is 10.6 Å². The van der Waals surface area contributed by atoms with Crippen LogP contribution in [0.25, 0.3) is 0 Å². The van der Waals surface area contributed by atoms with E-state index in [-0.39, 0.29) is 6.03 Å². The van der Waals surface area contributed by atoms with Gasteiger partial charge in [0.1, 0.15) is 5.92 Å². The molecule has 2 amide bonds. The maximum absolute atomic E-state index is 12.1. The zero-order valence-corrected chi connectivity index (χ0v) is 14.6. The second-order valence-electron chi connectivity index (χ2n) is 6.52. The van der Waals surface area contributed by atoms with Gasteiger partial charge in [-0.3, -0.25) is 4.79 Å². The minimum absolute atomic E-state index is 0.336. The van der Waals surface area contributed by atoms with E-state index in [9.17, 15) is 14.7 Å². The summed E-state index contributed by atoms with van der Waals surface area (Å²) < 4.78 is 0. The molecule has 0 heterocycles. The molecule has 0 spiro atoms. The average molecular weight is 342 g/mol. The number of aliphatic carboxylic acids is 1. The van der Waals surface area contributed by atoms with Gasteiger partial charge in [-0.25, -0.2) is 4.79 Å². The SMILES string of the molecule is CC1(NC(=O)NCCCCCc2ccccc2)C=CC=CC1C(=O)O. The van der Waals surface area contributed by atoms with Gasteiger partial charge >= 0.3 is 12.0 Å². The number of allylic oxidation sites excluding steroid dienone is 2. The van der Waals surface area contributed by atoms with Gasteiger partial charge < -0.3 is 15.7 Å². The van der Waals surface area contributed by atoms with Crippen LogP contribution in [0.15, 0.2) is 54.6 Å². The average Bonchev–Trinajstić information content (AvgIpc) is 2.58. The highest BCUT2D eigenvalue weighted by Crippen LogP contribution is 2.24. The lowest BCUT2D eigenvalue weighted by Crippen LogP contribution is -2.55. The van der Waals surface area contributed by atoms with Gasteiger partial charge in [-0.15, -0.1) is 0 Å². The highest BCUT2D eigenvalue weighted by Gasteiger charge is 2.37. The monoisotopic (exact) mass is 342 g/mol. The topological polar surface area (TPSA) is 78.4 Å². The van der Waals surface area contributed by atoms with Crippen molar-refractivity contribution in [3.05, 3.63) is 60.2 Å². The number of amides is 2. The fourth-order valence-corrected chi connectivity index (χ4v) is 2.96. The molecule has 5 heteroatoms. The Labute approximate surface area is 148 Å². The number of carbonyl (C=O) groups is 2. The first-order valence-electron chi connectivity index (χ1n) is 8.70. The van der Waals surface area contributed by atoms with Crippen LogP contribution in [0, 0.1) is 5.92 Å². The maximum Gasteiger partial charge on any atom is 0.315 e. The van der Waals surface area contributed by atoms with Gasteiger partial charge in [0.25, 0.3) is 0 Å². The van der Waals surface area contributed by atoms with E-state index in [2.05, 4.69) is 22.8 Å². The minimum atomic E-state index is -0.954. The van der Waals surface area contributed by atoms with E-state index in [0.29, 0.717) is 6.54 Å². The third kappa shape index (κ3) is 5.78. The van der Waals surface area contributed by atoms with Crippen molar-refractivity contribution in [3.8, 4) is 0 Å². The fraction of sp³-hybridized carbons (Fsp3) is 0.400. The maximum atomic E-state index is 12.1. The smallest absolute Gasteiger partial charge is 0.315 e. The number of urea groups is 1. The Balaban J connectivity index is 1.66. The van der Waals surface area contributed by atoms with Crippen molar-refractivity contribution in [1.29, 1.82) is 0 Å². The summed E-state index contributed by atoms with van der Waals surface area (Å²) in [6, 6.07) is 10.0. The van der Waals surface area contributed by atoms with Crippen molar-refractivity contribution >= 4 is 12.0 Å². The Hall–Kier alpha value is -2.56. The molecule has 3 N–H and O–H groups in total. The molecule has 2 atom stereocenters. The normalized spacial score (nSPS) is 21.7. The summed E-state index contributed by atoms with van der Waals surface area (Å²) in [6.45, 7) is 2.29. The molecule has 1 aromatic rings. The number of unbranched alkanes of at least 4 members (excludes halogenated alkanes) is 2. The largest absolute Gasteiger partial charge is 0.481 e. The molecule has 0 fully saturated rings. The molecule has 25 heavy (non-hydrogen) atoms. The molecule has 1 aromatic carbocycles. The van der Waals surface area contributed by atoms with Crippen molar-refractivity contribution in [2.24, 2.45) is 5.92 Å². The molecular weight excluding hydrogens is 316 g/mol. The van der Waals surface area contributed by atoms with E-state index in [1.807, 2.05) is 18.2 Å². The second-order valence-corrected chi connectivity index (χ2v) is 6.52. The van der Waals surface area contributed by atoms with Gasteiger partial charge in [0.2, 0.25) is 0 Å². The summed E-state index contributed by atoms with van der Waals surface area (Å²) in [4.78, 5) is 23.4. The molecule has 2 unspecified atom stereocenters. The Bertz CT molecular complexity index is 640. The molecule has 0 aromatic heterocycles. The standard InChI is InChI=1S/C20H26N2O3/c1-20(14-8-7-13-17(20)18(23)24)22-19(25)21-15-9-3-6-12-16-10-4-2-5-11-16/h2,4-5,7-8,10-11,13-14,17H,3,6,9,12,15H2,1H3,(H,23,24)(H2,21,22,25). The Morgan fingerprint density at radius 3 is 2.60 bits per heavy atom. The molecule has 1 aliphatic carbocycles. The van der Waals surface area contributed by atoms with Crippen LogP contribution in [0.5, 0.6) is 0 Å². The summed E-state index contributed by atoms with van der Waals surface area (Å²) in [7, 11) is 0. The van der Waals surface area contributed by atoms with Crippen LogP contribution in [-0.2, 0) is 11.2 Å². The molecule has 2 rings (SSSR count). The second kappa shape index (κ2) is 9.06. The third-order valence-electron chi connectivity index (χ3n) is 4.42. The van der Waals surface area contributed by atoms with Gasteiger partial charge in [-0.2, -0.15) is 0 Å². The quantitative estimate of drug-likeness (QED) is 0.634. The van der Waals surface area contributed by atoms with Gasteiger partial charge in [0.15, 0.2) is 0 Å². The summed E-state index contributed by atoms with van der Waals surface area (Å²) in [5.41, 5.74) is 0.413. The molecule has 0 saturated heterocycles. The third-order valence-corrected chi connectivity index (χ3v) is 4.42. The summed E-state index contributed by atoms with van der Waals surface area (Å²) in [5.74, 6) is -1.72. The lowest BCUT2D eigenvalue weighted by Gasteiger charge is -2.33. The first-order valence-corrected chi connectivity index (χ1v) is 8.70. The summed E-state index contributed by atoms with van der Waals surface area (Å²) >= 11 is 0. The summed E-state index contributed by atoms with van der Waals surface area (Å²) in [6.07, 6.45) is 10.8. The lowest BCUT2D eigenvalue weighted by atomic mass is 9.82. The zero-order chi connectivity index (χ0) is 18.1. The molecule has 0 radical (unpaired) electrons. The van der Waals surface area contributed by atoms with Crippen LogP contribution < -0.4 is 10.6 Å². The number of carbonyl (C=O) groups excluding carboxylic acids is 1. The number of benzene rings is 1. The van der Waals surface area contributed by atoms with E-state index in [0.717, 1.165) is 25.7 Å². The van der Waals surface area contributed by atoms with Gasteiger partial charge in [0.05, 0.1) is 5.54 Å². The predicted octanol–water partition coefficient (Wildman–Crippen LogP) is 3.28. The van der Waals surface area contributed by atoms with E-state index < -0.39 is 17.4 Å². The Morgan fingerprint density at radius 2 is 1.88 bits per heavy atom. The first-order chi connectivity index (χ1) is 12.0. The van der Waals surface area contributed by atoms with Crippen molar-refractivity contribution in [2.45, 2.75) is 38.1 Å². The number of carboxylic acids is 1. The van der Waals surface area contributed by atoms with E-state index >= 15 is 0 Å². The predicted molar refractivity (Wildman–Crippen MR) is 98.3 cm³/mol. The number of rotatable bonds is 8. The van der Waals surface area contributed by atoms with Crippen molar-refractivity contribution in [2.75, 3.05) is 6.54 Å². The van der Waals surface area contributed by atoms with Crippen LogP contribution in [0.1, 0.15) is 31.7 Å². The van der Waals surface area contributed by atoms with Gasteiger partial charge in [-0.05, 0) is 31.7 Å². The number of nitrogens with one attached hydrogen (secondary N) is 2. The van der Waals surface area contributed by atoms with Crippen molar-refractivity contribution < 1.29 is 14.7 Å². The molecule has 5 nitrogen and oxygen atoms in total. The van der Waals surface area contributed by atoms with Crippen LogP contribution in [0.2, 0.25) is 0 Å². The van der Waals surface area contributed by atoms with Crippen LogP contribution in [0.3, 0.4) is 0 Å². The molecule has 0 aliphatic heterocycles. The number of carboxylic acid groups (broad SMARTS) is 1. The van der Waals surface area contributed by atoms with Crippen molar-refractivity contribution in [3.63, 3.8) is 0 Å². The Kier molecular flexibility index (Phi) is 6.81. The minimum Gasteiger partial charge on any atom is -0.481 e. The number of aryl methyl sites for hydroxylation is 1. The van der Waals surface area contributed by atoms with E-state index in [4.69, 9.17) is 0 Å². The van der Waals surface area contributed by atoms with Crippen LogP contribution in [-0.4, -0.2) is 29.2 Å². The van der Waals surface area contributed by atoms with Crippen LogP contribution in [0.4, 0.5) is 4.79 Å². The molecule has 1 aliphatic rings. The number of hydrogen-bond acceptors (Lipinski definition) is 2. The molecule has 0 bridgehead atoms. The lowest BCUT2D eigenvalue weighted by molar-refractivity contribution is -0.141. The van der Waals surface area contributed by atoms with Gasteiger partial charge in [0, 0.05) is 6.54 Å². The molecule has 134 valence electrons.